The van der Waals surface area contributed by atoms with Crippen LogP contribution in [0.4, 0.5) is 10.5 Å². The highest BCUT2D eigenvalue weighted by Gasteiger charge is 2.17. The number of Topliss-reactive ketones (excluding diaryl/α,β-unsaturated/α-hetero) is 1. The van der Waals surface area contributed by atoms with Crippen LogP contribution in [0.15, 0.2) is 45.6 Å². The molecule has 1 amide bonds. The molecule has 1 heterocycles. The maximum Gasteiger partial charge on any atom is 0.408 e. The van der Waals surface area contributed by atoms with Crippen molar-refractivity contribution < 1.29 is 28.3 Å². The van der Waals surface area contributed by atoms with Crippen molar-refractivity contribution in [3.05, 3.63) is 52.4 Å². The molecule has 0 spiro atoms. The summed E-state index contributed by atoms with van der Waals surface area (Å²) in [6.45, 7) is 4.70. The van der Waals surface area contributed by atoms with Crippen molar-refractivity contribution in [1.82, 2.24) is 5.32 Å². The molecule has 0 aliphatic carbocycles. The number of carbonyl (C=O) groups is 3. The fourth-order valence-electron chi connectivity index (χ4n) is 3.24. The highest BCUT2D eigenvalue weighted by atomic mass is 16.6. The number of nitrogens with one attached hydrogen (secondary N) is 1. The number of esters is 1. The Labute approximate surface area is 189 Å². The average molecular weight is 454 g/mol. The van der Waals surface area contributed by atoms with Crippen LogP contribution in [0.5, 0.6) is 0 Å². The molecule has 0 saturated heterocycles. The van der Waals surface area contributed by atoms with E-state index in [0.29, 0.717) is 27.6 Å². The van der Waals surface area contributed by atoms with Gasteiger partial charge in [-0.1, -0.05) is 24.3 Å². The summed E-state index contributed by atoms with van der Waals surface area (Å²) in [7, 11) is 0. The van der Waals surface area contributed by atoms with E-state index in [4.69, 9.17) is 19.6 Å². The van der Waals surface area contributed by atoms with Gasteiger partial charge in [0.2, 0.25) is 0 Å². The molecule has 2 aromatic carbocycles. The predicted octanol–water partition coefficient (Wildman–Crippen LogP) is 3.45. The van der Waals surface area contributed by atoms with Crippen molar-refractivity contribution in [3.63, 3.8) is 0 Å². The van der Waals surface area contributed by atoms with Crippen LogP contribution in [0.2, 0.25) is 0 Å². The smallest absolute Gasteiger partial charge is 0.408 e. The van der Waals surface area contributed by atoms with Crippen LogP contribution in [-0.2, 0) is 25.7 Å². The van der Waals surface area contributed by atoms with Gasteiger partial charge in [0.1, 0.15) is 17.8 Å². The van der Waals surface area contributed by atoms with Gasteiger partial charge in [-0.2, -0.15) is 0 Å². The molecule has 1 aromatic heterocycles. The lowest BCUT2D eigenvalue weighted by molar-refractivity contribution is -0.146. The minimum atomic E-state index is -0.708. The molecule has 33 heavy (non-hydrogen) atoms. The van der Waals surface area contributed by atoms with Crippen molar-refractivity contribution in [2.75, 3.05) is 12.3 Å². The maximum atomic E-state index is 12.1. The first kappa shape index (κ1) is 23.8. The van der Waals surface area contributed by atoms with E-state index in [2.05, 4.69) is 5.32 Å². The van der Waals surface area contributed by atoms with Crippen molar-refractivity contribution in [1.29, 1.82) is 0 Å². The summed E-state index contributed by atoms with van der Waals surface area (Å²) >= 11 is 0. The quantitative estimate of drug-likeness (QED) is 0.240. The summed E-state index contributed by atoms with van der Waals surface area (Å²) in [6, 6.07) is 10.2. The molecule has 0 unspecified atom stereocenters. The molecular weight excluding hydrogens is 428 g/mol. The number of nitrogen functional groups attached to an aromatic ring is 1. The molecule has 9 nitrogen and oxygen atoms in total. The fraction of sp³-hybridized carbons (Fsp3) is 0.333. The van der Waals surface area contributed by atoms with Crippen LogP contribution in [0.1, 0.15) is 39.2 Å². The van der Waals surface area contributed by atoms with E-state index in [1.807, 2.05) is 18.2 Å². The summed E-state index contributed by atoms with van der Waals surface area (Å²) in [6.07, 6.45) is -0.983. The van der Waals surface area contributed by atoms with Gasteiger partial charge < -0.3 is 24.9 Å². The first-order valence-electron chi connectivity index (χ1n) is 10.4. The highest BCUT2D eigenvalue weighted by Crippen LogP contribution is 2.31. The summed E-state index contributed by atoms with van der Waals surface area (Å²) in [4.78, 5) is 47.7. The summed E-state index contributed by atoms with van der Waals surface area (Å²) in [5, 5.41) is 4.35. The number of rotatable bonds is 7. The second kappa shape index (κ2) is 9.72. The third-order valence-corrected chi connectivity index (χ3v) is 4.69. The van der Waals surface area contributed by atoms with Gasteiger partial charge in [0, 0.05) is 39.9 Å². The number of ether oxygens (including phenoxy) is 2. The van der Waals surface area contributed by atoms with Crippen molar-refractivity contribution in [2.45, 2.75) is 45.8 Å². The zero-order valence-corrected chi connectivity index (χ0v) is 18.7. The van der Waals surface area contributed by atoms with Gasteiger partial charge >= 0.3 is 17.7 Å². The summed E-state index contributed by atoms with van der Waals surface area (Å²) in [5.41, 5.74) is 6.21. The lowest BCUT2D eigenvalue weighted by Crippen LogP contribution is -2.35. The molecule has 0 atom stereocenters. The van der Waals surface area contributed by atoms with Crippen molar-refractivity contribution in [2.24, 2.45) is 0 Å². The van der Waals surface area contributed by atoms with Crippen molar-refractivity contribution in [3.8, 4) is 0 Å². The van der Waals surface area contributed by atoms with Gasteiger partial charge in [-0.25, -0.2) is 9.59 Å². The van der Waals surface area contributed by atoms with E-state index in [9.17, 15) is 19.2 Å². The number of fused-ring (bicyclic) bond motifs is 3. The third kappa shape index (κ3) is 6.31. The van der Waals surface area contributed by atoms with E-state index >= 15 is 0 Å². The van der Waals surface area contributed by atoms with Gasteiger partial charge in [0.15, 0.2) is 5.78 Å². The standard InChI is InChI=1S/C24H26N2O7/c1-24(2,3)33-23(30)26-12-15(27)8-9-20(28)31-13-14-10-21(29)32-22-17-7-5-4-6-16(17)19(25)11-18(14)22/h4-7,10-11H,8-9,12-13,25H2,1-3H3,(H,26,30). The lowest BCUT2D eigenvalue weighted by atomic mass is 10.0. The molecule has 0 bridgehead atoms. The normalized spacial score (nSPS) is 11.4. The van der Waals surface area contributed by atoms with E-state index in [1.165, 1.54) is 6.07 Å². The Morgan fingerprint density at radius 1 is 1.03 bits per heavy atom. The zero-order chi connectivity index (χ0) is 24.2. The molecule has 0 radical (unpaired) electrons. The van der Waals surface area contributed by atoms with Crippen LogP contribution in [0, 0.1) is 0 Å². The molecule has 0 fully saturated rings. The van der Waals surface area contributed by atoms with E-state index < -0.39 is 23.3 Å². The average Bonchev–Trinajstić information content (AvgIpc) is 2.74. The molecule has 174 valence electrons. The molecule has 0 aliphatic rings. The fourth-order valence-corrected chi connectivity index (χ4v) is 3.24. The Kier molecular flexibility index (Phi) is 7.01. The van der Waals surface area contributed by atoms with Crippen LogP contribution in [0.3, 0.4) is 0 Å². The van der Waals surface area contributed by atoms with Crippen LogP contribution in [-0.4, -0.2) is 30.0 Å². The van der Waals surface area contributed by atoms with Crippen LogP contribution in [0.25, 0.3) is 21.7 Å². The van der Waals surface area contributed by atoms with Gasteiger partial charge in [-0.05, 0) is 26.8 Å². The van der Waals surface area contributed by atoms with Crippen molar-refractivity contribution >= 4 is 45.3 Å². The number of hydrogen-bond acceptors (Lipinski definition) is 8. The number of ketones is 1. The molecular formula is C24H26N2O7. The van der Waals surface area contributed by atoms with Crippen LogP contribution >= 0.6 is 0 Å². The first-order chi connectivity index (χ1) is 15.5. The second-order valence-electron chi connectivity index (χ2n) is 8.53. The Morgan fingerprint density at radius 2 is 1.73 bits per heavy atom. The number of amides is 1. The second-order valence-corrected chi connectivity index (χ2v) is 8.53. The molecule has 3 rings (SSSR count). The maximum absolute atomic E-state index is 12.1. The first-order valence-corrected chi connectivity index (χ1v) is 10.4. The van der Waals surface area contributed by atoms with E-state index in [0.717, 1.165) is 5.39 Å². The Balaban J connectivity index is 1.60. The minimum Gasteiger partial charge on any atom is -0.461 e. The largest absolute Gasteiger partial charge is 0.461 e. The topological polar surface area (TPSA) is 138 Å². The van der Waals surface area contributed by atoms with Gasteiger partial charge in [0.05, 0.1) is 13.0 Å². The third-order valence-electron chi connectivity index (χ3n) is 4.69. The predicted molar refractivity (Wildman–Crippen MR) is 123 cm³/mol. The summed E-state index contributed by atoms with van der Waals surface area (Å²) < 4.78 is 15.7. The number of carbonyl (C=O) groups excluding carboxylic acids is 3. The van der Waals surface area contributed by atoms with E-state index in [1.54, 1.807) is 32.9 Å². The Bertz CT molecular complexity index is 1270. The number of hydrogen-bond donors (Lipinski definition) is 2. The zero-order valence-electron chi connectivity index (χ0n) is 18.7. The Hall–Kier alpha value is -3.88. The van der Waals surface area contributed by atoms with Gasteiger partial charge in [0.25, 0.3) is 0 Å². The number of anilines is 1. The van der Waals surface area contributed by atoms with Gasteiger partial charge in [-0.3, -0.25) is 9.59 Å². The molecule has 3 N–H and O–H groups in total. The lowest BCUT2D eigenvalue weighted by Gasteiger charge is -2.19. The number of alkyl carbamates (subject to hydrolysis) is 1. The van der Waals surface area contributed by atoms with Gasteiger partial charge in [-0.15, -0.1) is 0 Å². The summed E-state index contributed by atoms with van der Waals surface area (Å²) in [5.74, 6) is -0.960. The molecule has 0 saturated carbocycles. The molecule has 0 aliphatic heterocycles. The SMILES string of the molecule is CC(C)(C)OC(=O)NCC(=O)CCC(=O)OCc1cc(=O)oc2c1cc(N)c1ccccc12. The van der Waals surface area contributed by atoms with E-state index in [-0.39, 0.29) is 31.8 Å². The molecule has 3 aromatic rings. The minimum absolute atomic E-state index is 0.107. The Morgan fingerprint density at radius 3 is 2.42 bits per heavy atom. The number of benzene rings is 2. The molecule has 9 heteroatoms. The monoisotopic (exact) mass is 454 g/mol. The van der Waals surface area contributed by atoms with Crippen LogP contribution < -0.4 is 16.7 Å². The number of nitrogens with two attached hydrogens (primary N) is 1. The highest BCUT2D eigenvalue weighted by molar-refractivity contribution is 6.10.